The van der Waals surface area contributed by atoms with E-state index in [1.807, 2.05) is 0 Å². The summed E-state index contributed by atoms with van der Waals surface area (Å²) in [7, 11) is 0. The molecule has 12 nitrogen and oxygen atoms in total. The molecule has 0 unspecified atom stereocenters. The number of unbranched alkanes of at least 4 members (excludes halogenated alkanes) is 1. The summed E-state index contributed by atoms with van der Waals surface area (Å²) in [6.45, 7) is 2.02. The van der Waals surface area contributed by atoms with Crippen molar-refractivity contribution in [2.45, 2.75) is 57.2 Å². The van der Waals surface area contributed by atoms with E-state index in [0.717, 1.165) is 12.8 Å². The van der Waals surface area contributed by atoms with E-state index in [9.17, 15) is 19.2 Å². The number of rotatable bonds is 10. The summed E-state index contributed by atoms with van der Waals surface area (Å²) in [4.78, 5) is 39.8. The summed E-state index contributed by atoms with van der Waals surface area (Å²) in [5.41, 5.74) is 25.1. The molecule has 0 aromatic carbocycles. The molecular formula is C14H31N5O7. The third kappa shape index (κ3) is 24.0. The summed E-state index contributed by atoms with van der Waals surface area (Å²) in [5.74, 6) is -3.54. The molecule has 3 atom stereocenters. The highest BCUT2D eigenvalue weighted by Gasteiger charge is 2.11. The van der Waals surface area contributed by atoms with Gasteiger partial charge in [0.25, 0.3) is 0 Å². The van der Waals surface area contributed by atoms with Crippen molar-refractivity contribution in [2.24, 2.45) is 28.7 Å². The lowest BCUT2D eigenvalue weighted by atomic mass is 10.1. The first-order chi connectivity index (χ1) is 11.9. The van der Waals surface area contributed by atoms with Gasteiger partial charge in [-0.2, -0.15) is 0 Å². The number of nitrogens with two attached hydrogens (primary N) is 5. The Kier molecular flexibility index (Phi) is 19.2. The van der Waals surface area contributed by atoms with Crippen LogP contribution in [0.3, 0.4) is 0 Å². The summed E-state index contributed by atoms with van der Waals surface area (Å²) < 4.78 is 0. The van der Waals surface area contributed by atoms with Gasteiger partial charge in [0, 0.05) is 6.42 Å². The summed E-state index contributed by atoms with van der Waals surface area (Å²) in [6, 6.07) is -2.43. The number of primary amides is 1. The fraction of sp³-hybridized carbons (Fsp3) is 0.714. The molecule has 0 radical (unpaired) electrons. The third-order valence-electron chi connectivity index (χ3n) is 2.69. The maximum atomic E-state index is 10.1. The van der Waals surface area contributed by atoms with Gasteiger partial charge in [-0.15, -0.1) is 0 Å². The molecule has 0 bridgehead atoms. The molecule has 12 heteroatoms. The monoisotopic (exact) mass is 381 g/mol. The highest BCUT2D eigenvalue weighted by atomic mass is 16.4. The third-order valence-corrected chi connectivity index (χ3v) is 2.69. The van der Waals surface area contributed by atoms with Gasteiger partial charge >= 0.3 is 17.9 Å². The van der Waals surface area contributed by atoms with E-state index in [1.165, 1.54) is 6.92 Å². The second-order valence-electron chi connectivity index (χ2n) is 5.31. The smallest absolute Gasteiger partial charge is 0.320 e. The van der Waals surface area contributed by atoms with Crippen molar-refractivity contribution in [2.75, 3.05) is 6.54 Å². The average Bonchev–Trinajstić information content (AvgIpc) is 2.53. The fourth-order valence-electron chi connectivity index (χ4n) is 1.05. The molecule has 0 aromatic heterocycles. The maximum absolute atomic E-state index is 10.1. The van der Waals surface area contributed by atoms with Crippen molar-refractivity contribution in [3.8, 4) is 0 Å². The van der Waals surface area contributed by atoms with Crippen molar-refractivity contribution < 1.29 is 34.5 Å². The molecular weight excluding hydrogens is 350 g/mol. The van der Waals surface area contributed by atoms with Crippen LogP contribution in [-0.4, -0.2) is 63.8 Å². The zero-order valence-corrected chi connectivity index (χ0v) is 14.8. The second kappa shape index (κ2) is 17.5. The highest BCUT2D eigenvalue weighted by Crippen LogP contribution is 1.97. The fourth-order valence-corrected chi connectivity index (χ4v) is 1.05. The van der Waals surface area contributed by atoms with E-state index in [0.29, 0.717) is 13.0 Å². The molecule has 0 aliphatic heterocycles. The van der Waals surface area contributed by atoms with Crippen molar-refractivity contribution in [1.29, 1.82) is 0 Å². The van der Waals surface area contributed by atoms with E-state index >= 15 is 0 Å². The van der Waals surface area contributed by atoms with Gasteiger partial charge in [-0.05, 0) is 32.7 Å². The number of carboxylic acid groups (broad SMARTS) is 3. The molecule has 154 valence electrons. The minimum atomic E-state index is -1.11. The standard InChI is InChI=1S/C6H14N2O2.C5H10N2O3.C3H7NO2/c7-4-2-1-3-5(8)6(9)10;6-3(5(9)10)1-2-4(7)8;1-2(4)3(5)6/h5H,1-4,7-8H2,(H,9,10);3H,1-2,6H2,(H2,7,8)(H,9,10);2H,4H2,1H3,(H,5,6)/t5-;3-;2-/m000/s1. The summed E-state index contributed by atoms with van der Waals surface area (Å²) >= 11 is 0. The Bertz CT molecular complexity index is 432. The van der Waals surface area contributed by atoms with Crippen LogP contribution in [0.1, 0.15) is 39.0 Å². The normalized spacial score (nSPS) is 13.0. The quantitative estimate of drug-likeness (QED) is 0.185. The van der Waals surface area contributed by atoms with Gasteiger partial charge in [0.15, 0.2) is 0 Å². The van der Waals surface area contributed by atoms with Crippen molar-refractivity contribution in [3.63, 3.8) is 0 Å². The molecule has 0 saturated carbocycles. The number of hydrogen-bond acceptors (Lipinski definition) is 8. The lowest BCUT2D eigenvalue weighted by Gasteiger charge is -2.03. The number of amides is 1. The number of aliphatic carboxylic acids is 3. The predicted octanol–water partition coefficient (Wildman–Crippen LogP) is -2.39. The maximum Gasteiger partial charge on any atom is 0.320 e. The van der Waals surface area contributed by atoms with E-state index < -0.39 is 41.9 Å². The topological polar surface area (TPSA) is 259 Å². The molecule has 0 heterocycles. The molecule has 1 amide bonds. The molecule has 26 heavy (non-hydrogen) atoms. The van der Waals surface area contributed by atoms with Crippen molar-refractivity contribution >= 4 is 23.8 Å². The predicted molar refractivity (Wildman–Crippen MR) is 93.8 cm³/mol. The highest BCUT2D eigenvalue weighted by molar-refractivity contribution is 5.77. The Balaban J connectivity index is -0.000000316. The Hall–Kier alpha value is -2.28. The van der Waals surface area contributed by atoms with Crippen LogP contribution in [0.15, 0.2) is 0 Å². The first-order valence-electron chi connectivity index (χ1n) is 7.80. The number of carboxylic acids is 3. The molecule has 0 aliphatic carbocycles. The number of carbonyl (C=O) groups excluding carboxylic acids is 1. The summed E-state index contributed by atoms with van der Waals surface area (Å²) in [5, 5.41) is 24.4. The van der Waals surface area contributed by atoms with Gasteiger partial charge in [-0.1, -0.05) is 6.42 Å². The Morgan fingerprint density at radius 1 is 0.808 bits per heavy atom. The van der Waals surface area contributed by atoms with Gasteiger partial charge < -0.3 is 44.0 Å². The van der Waals surface area contributed by atoms with Crippen LogP contribution >= 0.6 is 0 Å². The van der Waals surface area contributed by atoms with E-state index in [-0.39, 0.29) is 12.8 Å². The van der Waals surface area contributed by atoms with Gasteiger partial charge in [0.1, 0.15) is 18.1 Å². The van der Waals surface area contributed by atoms with Gasteiger partial charge in [-0.25, -0.2) is 0 Å². The van der Waals surface area contributed by atoms with Gasteiger partial charge in [0.2, 0.25) is 5.91 Å². The van der Waals surface area contributed by atoms with Gasteiger partial charge in [0.05, 0.1) is 0 Å². The first-order valence-corrected chi connectivity index (χ1v) is 7.80. The Morgan fingerprint density at radius 2 is 1.19 bits per heavy atom. The zero-order valence-electron chi connectivity index (χ0n) is 14.8. The molecule has 0 spiro atoms. The second-order valence-corrected chi connectivity index (χ2v) is 5.31. The lowest BCUT2D eigenvalue weighted by Crippen LogP contribution is -2.31. The Labute approximate surface area is 151 Å². The summed E-state index contributed by atoms with van der Waals surface area (Å²) in [6.07, 6.45) is 2.29. The largest absolute Gasteiger partial charge is 0.480 e. The number of hydrogen-bond donors (Lipinski definition) is 8. The van der Waals surface area contributed by atoms with Crippen LogP contribution in [0.4, 0.5) is 0 Å². The van der Waals surface area contributed by atoms with Crippen molar-refractivity contribution in [3.05, 3.63) is 0 Å². The molecule has 0 rings (SSSR count). The van der Waals surface area contributed by atoms with E-state index in [1.54, 1.807) is 0 Å². The van der Waals surface area contributed by atoms with Gasteiger partial charge in [-0.3, -0.25) is 19.2 Å². The Morgan fingerprint density at radius 3 is 1.46 bits per heavy atom. The van der Waals surface area contributed by atoms with Crippen LogP contribution in [0.25, 0.3) is 0 Å². The van der Waals surface area contributed by atoms with Crippen LogP contribution in [0, 0.1) is 0 Å². The first kappa shape index (κ1) is 28.5. The SMILES string of the molecule is C[C@H](N)C(=O)O.NC(=O)CC[C@H](N)C(=O)O.NCCCC[C@H](N)C(=O)O. The molecule has 0 fully saturated rings. The van der Waals surface area contributed by atoms with Crippen LogP contribution < -0.4 is 28.7 Å². The van der Waals surface area contributed by atoms with E-state index in [2.05, 4.69) is 0 Å². The zero-order chi connectivity index (χ0) is 21.3. The molecule has 13 N–H and O–H groups in total. The van der Waals surface area contributed by atoms with Crippen molar-refractivity contribution in [1.82, 2.24) is 0 Å². The van der Waals surface area contributed by atoms with E-state index in [4.69, 9.17) is 44.0 Å². The van der Waals surface area contributed by atoms with Crippen LogP contribution in [0.2, 0.25) is 0 Å². The average molecular weight is 381 g/mol. The minimum Gasteiger partial charge on any atom is -0.480 e. The molecule has 0 aliphatic rings. The molecule has 0 aromatic rings. The molecule has 0 saturated heterocycles. The number of carbonyl (C=O) groups is 4. The van der Waals surface area contributed by atoms with Crippen LogP contribution in [0.5, 0.6) is 0 Å². The minimum absolute atomic E-state index is 0.0213. The van der Waals surface area contributed by atoms with Crippen LogP contribution in [-0.2, 0) is 19.2 Å². The lowest BCUT2D eigenvalue weighted by molar-refractivity contribution is -0.139.